The number of para-hydroxylation sites is 1. The molecule has 1 aromatic carbocycles. The molecule has 0 unspecified atom stereocenters. The Bertz CT molecular complexity index is 426. The molecule has 2 rings (SSSR count). The molecule has 0 aromatic heterocycles. The second-order valence-electron chi connectivity index (χ2n) is 3.78. The SMILES string of the molecule is O=C(O)CCCC1=NOc2ccccc2C1. The van der Waals surface area contributed by atoms with Crippen LogP contribution in [0.1, 0.15) is 24.8 Å². The van der Waals surface area contributed by atoms with E-state index in [0.717, 1.165) is 23.4 Å². The molecule has 0 saturated heterocycles. The summed E-state index contributed by atoms with van der Waals surface area (Å²) in [5.74, 6) is 0.0298. The first kappa shape index (κ1) is 10.7. The molecule has 1 aliphatic heterocycles. The Morgan fingerprint density at radius 1 is 1.44 bits per heavy atom. The molecule has 1 N–H and O–H groups in total. The highest BCUT2D eigenvalue weighted by Gasteiger charge is 2.13. The van der Waals surface area contributed by atoms with Crippen LogP contribution < -0.4 is 4.84 Å². The van der Waals surface area contributed by atoms with E-state index in [-0.39, 0.29) is 6.42 Å². The summed E-state index contributed by atoms with van der Waals surface area (Å²) in [5.41, 5.74) is 2.03. The largest absolute Gasteiger partial charge is 0.481 e. The van der Waals surface area contributed by atoms with Crippen molar-refractivity contribution in [3.63, 3.8) is 0 Å². The second-order valence-corrected chi connectivity index (χ2v) is 3.78. The number of benzene rings is 1. The lowest BCUT2D eigenvalue weighted by atomic mass is 10.0. The van der Waals surface area contributed by atoms with Crippen LogP contribution in [-0.2, 0) is 11.2 Å². The standard InChI is InChI=1S/C12H13NO3/c14-12(15)7-3-5-10-8-9-4-1-2-6-11(9)16-13-10/h1-2,4,6H,3,5,7-8H2,(H,14,15). The minimum Gasteiger partial charge on any atom is -0.481 e. The molecule has 16 heavy (non-hydrogen) atoms. The molecule has 0 saturated carbocycles. The van der Waals surface area contributed by atoms with E-state index in [0.29, 0.717) is 12.8 Å². The number of rotatable bonds is 4. The number of oxime groups is 1. The van der Waals surface area contributed by atoms with Gasteiger partial charge in [0, 0.05) is 18.4 Å². The molecular weight excluding hydrogens is 206 g/mol. The first-order chi connectivity index (χ1) is 7.75. The predicted molar refractivity (Wildman–Crippen MR) is 59.7 cm³/mol. The maximum absolute atomic E-state index is 10.4. The second kappa shape index (κ2) is 4.79. The van der Waals surface area contributed by atoms with Gasteiger partial charge in [0.25, 0.3) is 0 Å². The van der Waals surface area contributed by atoms with Crippen molar-refractivity contribution in [2.75, 3.05) is 0 Å². The molecule has 0 aliphatic carbocycles. The zero-order chi connectivity index (χ0) is 11.4. The summed E-state index contributed by atoms with van der Waals surface area (Å²) in [7, 11) is 0. The molecule has 4 heteroatoms. The Balaban J connectivity index is 1.91. The molecule has 0 amide bonds. The molecule has 0 atom stereocenters. The Hall–Kier alpha value is -1.84. The summed E-state index contributed by atoms with van der Waals surface area (Å²) in [6.45, 7) is 0. The number of hydrogen-bond acceptors (Lipinski definition) is 3. The normalized spacial score (nSPS) is 13.6. The summed E-state index contributed by atoms with van der Waals surface area (Å²) in [5, 5.41) is 12.5. The van der Waals surface area contributed by atoms with Gasteiger partial charge in [0.1, 0.15) is 0 Å². The lowest BCUT2D eigenvalue weighted by Gasteiger charge is -2.14. The number of fused-ring (bicyclic) bond motifs is 1. The summed E-state index contributed by atoms with van der Waals surface area (Å²) < 4.78 is 0. The maximum Gasteiger partial charge on any atom is 0.303 e. The monoisotopic (exact) mass is 219 g/mol. The number of carboxylic acids is 1. The molecule has 0 spiro atoms. The van der Waals surface area contributed by atoms with Crippen molar-refractivity contribution in [3.05, 3.63) is 29.8 Å². The van der Waals surface area contributed by atoms with E-state index < -0.39 is 5.97 Å². The molecule has 0 bridgehead atoms. The van der Waals surface area contributed by atoms with Gasteiger partial charge in [-0.05, 0) is 18.9 Å². The average Bonchev–Trinajstić information content (AvgIpc) is 2.28. The lowest BCUT2D eigenvalue weighted by Crippen LogP contribution is -2.12. The number of nitrogens with zero attached hydrogens (tertiary/aromatic N) is 1. The van der Waals surface area contributed by atoms with Gasteiger partial charge in [-0.1, -0.05) is 23.4 Å². The first-order valence-electron chi connectivity index (χ1n) is 5.28. The third kappa shape index (κ3) is 2.59. The van der Waals surface area contributed by atoms with E-state index in [1.54, 1.807) is 0 Å². The van der Waals surface area contributed by atoms with Crippen molar-refractivity contribution in [2.24, 2.45) is 5.16 Å². The van der Waals surface area contributed by atoms with E-state index in [9.17, 15) is 4.79 Å². The topological polar surface area (TPSA) is 58.9 Å². The minimum absolute atomic E-state index is 0.181. The first-order valence-corrected chi connectivity index (χ1v) is 5.28. The van der Waals surface area contributed by atoms with Crippen molar-refractivity contribution >= 4 is 11.7 Å². The van der Waals surface area contributed by atoms with E-state index >= 15 is 0 Å². The molecule has 84 valence electrons. The van der Waals surface area contributed by atoms with Crippen LogP contribution in [0.15, 0.2) is 29.4 Å². The quantitative estimate of drug-likeness (QED) is 0.844. The third-order valence-corrected chi connectivity index (χ3v) is 2.50. The van der Waals surface area contributed by atoms with Gasteiger partial charge >= 0.3 is 5.97 Å². The molecule has 0 fully saturated rings. The van der Waals surface area contributed by atoms with Crippen LogP contribution in [-0.4, -0.2) is 16.8 Å². The van der Waals surface area contributed by atoms with Gasteiger partial charge in [-0.25, -0.2) is 0 Å². The lowest BCUT2D eigenvalue weighted by molar-refractivity contribution is -0.137. The van der Waals surface area contributed by atoms with Crippen molar-refractivity contribution in [1.82, 2.24) is 0 Å². The van der Waals surface area contributed by atoms with Crippen LogP contribution in [0.5, 0.6) is 5.75 Å². The Kier molecular flexibility index (Phi) is 3.19. The van der Waals surface area contributed by atoms with Crippen LogP contribution >= 0.6 is 0 Å². The highest BCUT2D eigenvalue weighted by molar-refractivity contribution is 5.87. The minimum atomic E-state index is -0.766. The maximum atomic E-state index is 10.4. The van der Waals surface area contributed by atoms with Crippen LogP contribution in [0.25, 0.3) is 0 Å². The van der Waals surface area contributed by atoms with Gasteiger partial charge in [0.2, 0.25) is 0 Å². The summed E-state index contributed by atoms with van der Waals surface area (Å²) in [6, 6.07) is 7.75. The third-order valence-electron chi connectivity index (χ3n) is 2.50. The molecular formula is C12H13NO3. The number of hydrogen-bond donors (Lipinski definition) is 1. The van der Waals surface area contributed by atoms with Crippen molar-refractivity contribution < 1.29 is 14.7 Å². The molecule has 1 aliphatic rings. The van der Waals surface area contributed by atoms with Crippen molar-refractivity contribution in [2.45, 2.75) is 25.7 Å². The Morgan fingerprint density at radius 2 is 2.25 bits per heavy atom. The van der Waals surface area contributed by atoms with Crippen LogP contribution in [0.4, 0.5) is 0 Å². The number of carbonyl (C=O) groups is 1. The highest BCUT2D eigenvalue weighted by Crippen LogP contribution is 2.23. The molecule has 4 nitrogen and oxygen atoms in total. The van der Waals surface area contributed by atoms with E-state index in [2.05, 4.69) is 5.16 Å². The average molecular weight is 219 g/mol. The van der Waals surface area contributed by atoms with E-state index in [1.165, 1.54) is 0 Å². The van der Waals surface area contributed by atoms with Crippen LogP contribution in [0.3, 0.4) is 0 Å². The van der Waals surface area contributed by atoms with E-state index in [1.807, 2.05) is 24.3 Å². The Morgan fingerprint density at radius 3 is 3.06 bits per heavy atom. The van der Waals surface area contributed by atoms with Crippen LogP contribution in [0, 0.1) is 0 Å². The molecule has 1 aromatic rings. The summed E-state index contributed by atoms with van der Waals surface area (Å²) >= 11 is 0. The fourth-order valence-corrected chi connectivity index (χ4v) is 1.68. The summed E-state index contributed by atoms with van der Waals surface area (Å²) in [6.07, 6.45) is 2.23. The zero-order valence-electron chi connectivity index (χ0n) is 8.85. The fraction of sp³-hybridized carbons (Fsp3) is 0.333. The van der Waals surface area contributed by atoms with Gasteiger partial charge in [0.05, 0.1) is 5.71 Å². The van der Waals surface area contributed by atoms with Gasteiger partial charge in [-0.2, -0.15) is 0 Å². The van der Waals surface area contributed by atoms with Gasteiger partial charge < -0.3 is 9.94 Å². The molecule has 0 radical (unpaired) electrons. The zero-order valence-corrected chi connectivity index (χ0v) is 8.85. The van der Waals surface area contributed by atoms with Gasteiger partial charge in [-0.3, -0.25) is 4.79 Å². The highest BCUT2D eigenvalue weighted by atomic mass is 16.6. The van der Waals surface area contributed by atoms with Crippen LogP contribution in [0.2, 0.25) is 0 Å². The summed E-state index contributed by atoms with van der Waals surface area (Å²) in [4.78, 5) is 15.6. The van der Waals surface area contributed by atoms with Crippen molar-refractivity contribution in [3.8, 4) is 5.75 Å². The fourth-order valence-electron chi connectivity index (χ4n) is 1.68. The predicted octanol–water partition coefficient (Wildman–Crippen LogP) is 2.23. The smallest absolute Gasteiger partial charge is 0.303 e. The Labute approximate surface area is 93.5 Å². The molecule has 1 heterocycles. The van der Waals surface area contributed by atoms with Gasteiger partial charge in [0.15, 0.2) is 5.75 Å². The number of carboxylic acid groups (broad SMARTS) is 1. The number of aliphatic carboxylic acids is 1. The van der Waals surface area contributed by atoms with Crippen molar-refractivity contribution in [1.29, 1.82) is 0 Å². The van der Waals surface area contributed by atoms with Gasteiger partial charge in [-0.15, -0.1) is 0 Å². The van der Waals surface area contributed by atoms with E-state index in [4.69, 9.17) is 9.94 Å².